The zero-order valence-electron chi connectivity index (χ0n) is 7.15. The first-order chi connectivity index (χ1) is 5.98. The predicted molar refractivity (Wildman–Crippen MR) is 33.6 cm³/mol. The zero-order chi connectivity index (χ0) is 11.8. The Bertz CT molecular complexity index is 232. The van der Waals surface area contributed by atoms with Gasteiger partial charge in [0.2, 0.25) is 5.60 Å². The van der Waals surface area contributed by atoms with Crippen LogP contribution in [0.4, 0.5) is 22.0 Å². The molecule has 84 valence electrons. The summed E-state index contributed by atoms with van der Waals surface area (Å²) in [6.45, 7) is 0.0341. The fourth-order valence-electron chi connectivity index (χ4n) is 0.603. The topological polar surface area (TPSA) is 46.5 Å². The Kier molecular flexibility index (Phi) is 3.12. The summed E-state index contributed by atoms with van der Waals surface area (Å²) in [5.74, 6) is -7.62. The van der Waals surface area contributed by atoms with E-state index in [4.69, 9.17) is 5.11 Å². The molecule has 0 saturated heterocycles. The summed E-state index contributed by atoms with van der Waals surface area (Å²) in [6, 6.07) is 0. The number of alkyl halides is 5. The monoisotopic (exact) mass is 222 g/mol. The molecule has 0 unspecified atom stereocenters. The quantitative estimate of drug-likeness (QED) is 0.562. The summed E-state index contributed by atoms with van der Waals surface area (Å²) in [5.41, 5.74) is -3.93. The molecule has 0 aliphatic heterocycles. The number of halogens is 5. The molecule has 0 fully saturated rings. The summed E-state index contributed by atoms with van der Waals surface area (Å²) in [6.07, 6.45) is -6.02. The molecule has 0 bridgehead atoms. The summed E-state index contributed by atoms with van der Waals surface area (Å²) in [7, 11) is 0.587. The van der Waals surface area contributed by atoms with Gasteiger partial charge in [0, 0.05) is 0 Å². The van der Waals surface area contributed by atoms with Crippen molar-refractivity contribution in [3.63, 3.8) is 0 Å². The molecule has 1 N–H and O–H groups in total. The maximum absolute atomic E-state index is 12.5. The van der Waals surface area contributed by atoms with Crippen LogP contribution < -0.4 is 0 Å². The van der Waals surface area contributed by atoms with Crippen LogP contribution in [-0.4, -0.2) is 35.9 Å². The third kappa shape index (κ3) is 1.79. The number of esters is 1. The Morgan fingerprint density at radius 2 is 1.57 bits per heavy atom. The van der Waals surface area contributed by atoms with Crippen LogP contribution in [0.1, 0.15) is 6.92 Å². The highest BCUT2D eigenvalue weighted by atomic mass is 19.4. The molecule has 14 heavy (non-hydrogen) atoms. The molecule has 8 heteroatoms. The van der Waals surface area contributed by atoms with E-state index in [-0.39, 0.29) is 6.92 Å². The maximum Gasteiger partial charge on any atom is 0.457 e. The molecule has 0 heterocycles. The first kappa shape index (κ1) is 13.1. The van der Waals surface area contributed by atoms with E-state index in [9.17, 15) is 26.7 Å². The molecule has 3 nitrogen and oxygen atoms in total. The number of methoxy groups -OCH3 is 1. The Morgan fingerprint density at radius 1 is 1.21 bits per heavy atom. The molecule has 0 aromatic rings. The lowest BCUT2D eigenvalue weighted by Gasteiger charge is -2.30. The molecular formula is C6H7F5O3. The van der Waals surface area contributed by atoms with Gasteiger partial charge in [-0.1, -0.05) is 0 Å². The smallest absolute Gasteiger partial charge is 0.457 e. The fourth-order valence-corrected chi connectivity index (χ4v) is 0.603. The van der Waals surface area contributed by atoms with E-state index in [1.807, 2.05) is 0 Å². The average molecular weight is 222 g/mol. The standard InChI is InChI=1S/C6H7F5O3/c1-4(13,3(12)14-2)5(7,8)6(9,10)11/h13H,1-2H3/t4-/m0/s1. The van der Waals surface area contributed by atoms with E-state index in [1.165, 1.54) is 0 Å². The summed E-state index contributed by atoms with van der Waals surface area (Å²) in [4.78, 5) is 10.5. The normalized spacial score (nSPS) is 17.4. The number of hydrogen-bond donors (Lipinski definition) is 1. The number of rotatable bonds is 2. The second kappa shape index (κ2) is 3.34. The fraction of sp³-hybridized carbons (Fsp3) is 0.833. The second-order valence-electron chi connectivity index (χ2n) is 2.64. The summed E-state index contributed by atoms with van der Waals surface area (Å²) < 4.78 is 63.7. The van der Waals surface area contributed by atoms with Crippen LogP contribution in [0, 0.1) is 0 Å². The van der Waals surface area contributed by atoms with Crippen LogP contribution in [-0.2, 0) is 9.53 Å². The molecule has 0 aromatic carbocycles. The van der Waals surface area contributed by atoms with Crippen LogP contribution >= 0.6 is 0 Å². The van der Waals surface area contributed by atoms with Crippen molar-refractivity contribution in [1.29, 1.82) is 0 Å². The van der Waals surface area contributed by atoms with Gasteiger partial charge >= 0.3 is 18.1 Å². The molecule has 0 saturated carbocycles. The van der Waals surface area contributed by atoms with Crippen LogP contribution in [0.2, 0.25) is 0 Å². The lowest BCUT2D eigenvalue weighted by Crippen LogP contribution is -2.60. The number of carbonyl (C=O) groups excluding carboxylic acids is 1. The summed E-state index contributed by atoms with van der Waals surface area (Å²) >= 11 is 0. The molecule has 0 rings (SSSR count). The summed E-state index contributed by atoms with van der Waals surface area (Å²) in [5, 5.41) is 8.70. The molecule has 0 radical (unpaired) electrons. The highest BCUT2D eigenvalue weighted by Gasteiger charge is 2.71. The van der Waals surface area contributed by atoms with E-state index < -0.39 is 23.7 Å². The number of aliphatic hydroxyl groups is 1. The number of ether oxygens (including phenoxy) is 1. The van der Waals surface area contributed by atoms with E-state index in [1.54, 1.807) is 0 Å². The molecule has 0 aliphatic rings. The van der Waals surface area contributed by atoms with Gasteiger partial charge in [0.25, 0.3) is 0 Å². The van der Waals surface area contributed by atoms with Crippen molar-refractivity contribution in [2.75, 3.05) is 7.11 Å². The highest BCUT2D eigenvalue weighted by molar-refractivity contribution is 5.80. The van der Waals surface area contributed by atoms with Gasteiger partial charge in [-0.3, -0.25) is 0 Å². The van der Waals surface area contributed by atoms with Crippen molar-refractivity contribution < 1.29 is 36.6 Å². The molecule has 0 aromatic heterocycles. The lowest BCUT2D eigenvalue weighted by atomic mass is 9.98. The highest BCUT2D eigenvalue weighted by Crippen LogP contribution is 2.43. The van der Waals surface area contributed by atoms with Crippen molar-refractivity contribution in [3.8, 4) is 0 Å². The van der Waals surface area contributed by atoms with Crippen molar-refractivity contribution in [2.45, 2.75) is 24.6 Å². The van der Waals surface area contributed by atoms with E-state index >= 15 is 0 Å². The third-order valence-corrected chi connectivity index (χ3v) is 1.55. The van der Waals surface area contributed by atoms with Gasteiger partial charge in [0.15, 0.2) is 0 Å². The van der Waals surface area contributed by atoms with E-state index in [0.29, 0.717) is 7.11 Å². The van der Waals surface area contributed by atoms with Crippen LogP contribution in [0.15, 0.2) is 0 Å². The molecule has 1 atom stereocenters. The minimum absolute atomic E-state index is 0.0341. The van der Waals surface area contributed by atoms with E-state index in [2.05, 4.69) is 4.74 Å². The predicted octanol–water partition coefficient (Wildman–Crippen LogP) is 1.11. The van der Waals surface area contributed by atoms with Crippen LogP contribution in [0.3, 0.4) is 0 Å². The van der Waals surface area contributed by atoms with Crippen molar-refractivity contribution in [3.05, 3.63) is 0 Å². The average Bonchev–Trinajstić information content (AvgIpc) is 2.00. The first-order valence-corrected chi connectivity index (χ1v) is 3.24. The lowest BCUT2D eigenvalue weighted by molar-refractivity contribution is -0.333. The molecule has 0 spiro atoms. The largest absolute Gasteiger partial charge is 0.467 e. The van der Waals surface area contributed by atoms with Gasteiger partial charge < -0.3 is 9.84 Å². The molecule has 0 aliphatic carbocycles. The van der Waals surface area contributed by atoms with Crippen LogP contribution in [0.25, 0.3) is 0 Å². The molecular weight excluding hydrogens is 215 g/mol. The van der Waals surface area contributed by atoms with Crippen molar-refractivity contribution in [1.82, 2.24) is 0 Å². The van der Waals surface area contributed by atoms with Crippen molar-refractivity contribution in [2.24, 2.45) is 0 Å². The van der Waals surface area contributed by atoms with Crippen molar-refractivity contribution >= 4 is 5.97 Å². The van der Waals surface area contributed by atoms with Gasteiger partial charge in [-0.05, 0) is 6.92 Å². The third-order valence-electron chi connectivity index (χ3n) is 1.55. The number of hydrogen-bond acceptors (Lipinski definition) is 3. The first-order valence-electron chi connectivity index (χ1n) is 3.24. The van der Waals surface area contributed by atoms with Gasteiger partial charge in [-0.15, -0.1) is 0 Å². The van der Waals surface area contributed by atoms with Gasteiger partial charge in [0.05, 0.1) is 7.11 Å². The zero-order valence-corrected chi connectivity index (χ0v) is 7.15. The van der Waals surface area contributed by atoms with E-state index in [0.717, 1.165) is 0 Å². The Hall–Kier alpha value is -0.920. The second-order valence-corrected chi connectivity index (χ2v) is 2.64. The molecule has 0 amide bonds. The minimum Gasteiger partial charge on any atom is -0.467 e. The Balaban J connectivity index is 5.18. The maximum atomic E-state index is 12.5. The minimum atomic E-state index is -6.02. The Labute approximate surface area is 75.5 Å². The number of carbonyl (C=O) groups is 1. The van der Waals surface area contributed by atoms with Crippen LogP contribution in [0.5, 0.6) is 0 Å². The Morgan fingerprint density at radius 3 is 1.79 bits per heavy atom. The van der Waals surface area contributed by atoms with Gasteiger partial charge in [-0.2, -0.15) is 22.0 Å². The van der Waals surface area contributed by atoms with Gasteiger partial charge in [-0.25, -0.2) is 4.79 Å². The SMILES string of the molecule is COC(=O)[C@](C)(O)C(F)(F)C(F)(F)F. The van der Waals surface area contributed by atoms with Gasteiger partial charge in [0.1, 0.15) is 0 Å².